The number of fused-ring (bicyclic) bond motifs is 1. The standard InChI is InChI=1S/C37H40F6N4O4S/c1-22(2)52(50,51)27-12-13-31-28(19-27)32(35(49)46-34(37(41,42)43)24-8-5-4-6-9-24)29(21-47-16-14-30(23(3)20-47)44-15-17-48)33(45-31)25-10-7-11-26(18-25)36(38,39)40/h4-13,18-19,22-23,30,34,44,48H,14-17,20-21H2,1-3H3,(H,46,49)/t23?,30?,34-/m1/s1. The molecule has 3 atom stereocenters. The third-order valence-corrected chi connectivity index (χ3v) is 11.5. The average Bonchev–Trinajstić information content (AvgIpc) is 3.09. The molecule has 1 saturated heterocycles. The molecule has 1 aromatic heterocycles. The van der Waals surface area contributed by atoms with Crippen LogP contribution in [0.15, 0.2) is 77.7 Å². The smallest absolute Gasteiger partial charge is 0.395 e. The minimum absolute atomic E-state index is 0.00701. The predicted octanol–water partition coefficient (Wildman–Crippen LogP) is 6.93. The Kier molecular flexibility index (Phi) is 11.7. The first-order valence-corrected chi connectivity index (χ1v) is 18.3. The fourth-order valence-electron chi connectivity index (χ4n) is 6.58. The molecule has 2 heterocycles. The zero-order chi connectivity index (χ0) is 38.0. The Bertz CT molecular complexity index is 2010. The number of aliphatic hydroxyl groups excluding tert-OH is 1. The SMILES string of the molecule is CC1CN(Cc2c(-c3cccc(C(F)(F)F)c3)nc3ccc(S(=O)(=O)C(C)C)cc3c2C(=O)N[C@H](c2ccccc2)C(F)(F)F)CCC1NCCO. The van der Waals surface area contributed by atoms with E-state index >= 15 is 0 Å². The minimum Gasteiger partial charge on any atom is -0.395 e. The van der Waals surface area contributed by atoms with Gasteiger partial charge in [0.25, 0.3) is 5.91 Å². The van der Waals surface area contributed by atoms with E-state index in [9.17, 15) is 44.7 Å². The highest BCUT2D eigenvalue weighted by atomic mass is 32.2. The monoisotopic (exact) mass is 750 g/mol. The molecule has 52 heavy (non-hydrogen) atoms. The number of carbonyl (C=O) groups is 1. The first kappa shape index (κ1) is 39.2. The molecule has 1 aliphatic rings. The lowest BCUT2D eigenvalue weighted by Gasteiger charge is -2.38. The van der Waals surface area contributed by atoms with Crippen LogP contribution in [0.5, 0.6) is 0 Å². The van der Waals surface area contributed by atoms with Crippen LogP contribution in [0.1, 0.15) is 60.3 Å². The molecule has 0 radical (unpaired) electrons. The van der Waals surface area contributed by atoms with Crippen LogP contribution >= 0.6 is 0 Å². The van der Waals surface area contributed by atoms with Crippen LogP contribution in [0.2, 0.25) is 0 Å². The Morgan fingerprint density at radius 2 is 1.71 bits per heavy atom. The number of carbonyl (C=O) groups excluding carboxylic acids is 1. The Hall–Kier alpha value is -4.05. The molecule has 3 N–H and O–H groups in total. The van der Waals surface area contributed by atoms with E-state index in [0.717, 1.165) is 12.1 Å². The molecule has 8 nitrogen and oxygen atoms in total. The molecule has 2 unspecified atom stereocenters. The highest BCUT2D eigenvalue weighted by molar-refractivity contribution is 7.92. The number of likely N-dealkylation sites (tertiary alicyclic amines) is 1. The summed E-state index contributed by atoms with van der Waals surface area (Å²) in [6, 6.07) is 12.4. The van der Waals surface area contributed by atoms with Gasteiger partial charge in [0.1, 0.15) is 0 Å². The van der Waals surface area contributed by atoms with Gasteiger partial charge in [0.2, 0.25) is 0 Å². The van der Waals surface area contributed by atoms with E-state index in [1.54, 1.807) is 0 Å². The quantitative estimate of drug-likeness (QED) is 0.143. The maximum absolute atomic E-state index is 14.6. The molecule has 0 spiro atoms. The molecule has 0 saturated carbocycles. The second-order valence-corrected chi connectivity index (χ2v) is 15.8. The highest BCUT2D eigenvalue weighted by Gasteiger charge is 2.43. The normalized spacial score (nSPS) is 18.1. The number of halogens is 6. The summed E-state index contributed by atoms with van der Waals surface area (Å²) in [5.41, 5.74) is -1.60. The number of rotatable bonds is 11. The number of nitrogens with one attached hydrogen (secondary N) is 2. The average molecular weight is 751 g/mol. The summed E-state index contributed by atoms with van der Waals surface area (Å²) in [4.78, 5) is 20.9. The number of piperidine rings is 1. The number of pyridine rings is 1. The number of aliphatic hydroxyl groups is 1. The molecule has 0 aliphatic carbocycles. The molecule has 0 bridgehead atoms. The van der Waals surface area contributed by atoms with E-state index in [1.165, 1.54) is 74.5 Å². The van der Waals surface area contributed by atoms with Crippen LogP contribution in [0.4, 0.5) is 26.3 Å². The number of sulfone groups is 1. The summed E-state index contributed by atoms with van der Waals surface area (Å²) in [5.74, 6) is -1.19. The lowest BCUT2D eigenvalue weighted by molar-refractivity contribution is -0.155. The number of benzene rings is 3. The zero-order valence-electron chi connectivity index (χ0n) is 28.7. The van der Waals surface area contributed by atoms with Gasteiger partial charge >= 0.3 is 12.4 Å². The lowest BCUT2D eigenvalue weighted by Crippen LogP contribution is -2.48. The van der Waals surface area contributed by atoms with Gasteiger partial charge < -0.3 is 15.7 Å². The molecule has 280 valence electrons. The summed E-state index contributed by atoms with van der Waals surface area (Å²) in [5, 5.41) is 13.7. The minimum atomic E-state index is -4.95. The van der Waals surface area contributed by atoms with Crippen LogP contribution in [-0.4, -0.2) is 73.0 Å². The van der Waals surface area contributed by atoms with Crippen molar-refractivity contribution in [1.29, 1.82) is 0 Å². The third-order valence-electron chi connectivity index (χ3n) is 9.32. The van der Waals surface area contributed by atoms with Crippen molar-refractivity contribution in [3.8, 4) is 11.3 Å². The molecule has 1 fully saturated rings. The first-order chi connectivity index (χ1) is 24.4. The van der Waals surface area contributed by atoms with Gasteiger partial charge in [0.15, 0.2) is 15.9 Å². The fourth-order valence-corrected chi connectivity index (χ4v) is 7.67. The van der Waals surface area contributed by atoms with Gasteiger partial charge in [-0.25, -0.2) is 13.4 Å². The van der Waals surface area contributed by atoms with Gasteiger partial charge in [0.05, 0.1) is 39.1 Å². The van der Waals surface area contributed by atoms with Crippen molar-refractivity contribution in [1.82, 2.24) is 20.5 Å². The number of nitrogens with zero attached hydrogens (tertiary/aromatic N) is 2. The Morgan fingerprint density at radius 1 is 1.00 bits per heavy atom. The summed E-state index contributed by atoms with van der Waals surface area (Å²) < 4.78 is 112. The summed E-state index contributed by atoms with van der Waals surface area (Å²) in [6.07, 6.45) is -9.08. The molecule has 5 rings (SSSR count). The Morgan fingerprint density at radius 3 is 2.33 bits per heavy atom. The number of aromatic nitrogens is 1. The van der Waals surface area contributed by atoms with Crippen molar-refractivity contribution < 1.29 is 44.7 Å². The molecular formula is C37H40F6N4O4S. The zero-order valence-corrected chi connectivity index (χ0v) is 29.5. The van der Waals surface area contributed by atoms with E-state index < -0.39 is 45.0 Å². The van der Waals surface area contributed by atoms with E-state index in [1.807, 2.05) is 11.8 Å². The molecule has 1 amide bonds. The van der Waals surface area contributed by atoms with Gasteiger partial charge in [-0.05, 0) is 68.6 Å². The van der Waals surface area contributed by atoms with Crippen molar-refractivity contribution in [2.24, 2.45) is 5.92 Å². The van der Waals surface area contributed by atoms with Gasteiger partial charge in [-0.3, -0.25) is 9.69 Å². The second kappa shape index (κ2) is 15.5. The van der Waals surface area contributed by atoms with Gasteiger partial charge in [-0.15, -0.1) is 0 Å². The predicted molar refractivity (Wildman–Crippen MR) is 185 cm³/mol. The number of hydrogen-bond acceptors (Lipinski definition) is 7. The van der Waals surface area contributed by atoms with Crippen LogP contribution in [0.25, 0.3) is 22.2 Å². The summed E-state index contributed by atoms with van der Waals surface area (Å²) in [6.45, 7) is 5.97. The van der Waals surface area contributed by atoms with E-state index in [0.29, 0.717) is 26.1 Å². The van der Waals surface area contributed by atoms with E-state index in [2.05, 4.69) is 15.6 Å². The van der Waals surface area contributed by atoms with Gasteiger partial charge in [0, 0.05) is 42.2 Å². The molecule has 4 aromatic rings. The van der Waals surface area contributed by atoms with E-state index in [-0.39, 0.29) is 68.9 Å². The Labute approximate surface area is 298 Å². The van der Waals surface area contributed by atoms with Crippen molar-refractivity contribution in [3.05, 3.63) is 95.1 Å². The van der Waals surface area contributed by atoms with Crippen LogP contribution in [0, 0.1) is 5.92 Å². The second-order valence-electron chi connectivity index (χ2n) is 13.3. The summed E-state index contributed by atoms with van der Waals surface area (Å²) >= 11 is 0. The highest BCUT2D eigenvalue weighted by Crippen LogP contribution is 2.38. The Balaban J connectivity index is 1.77. The topological polar surface area (TPSA) is 112 Å². The van der Waals surface area contributed by atoms with Crippen molar-refractivity contribution >= 4 is 26.6 Å². The molecule has 1 aliphatic heterocycles. The number of amides is 1. The maximum atomic E-state index is 14.6. The first-order valence-electron chi connectivity index (χ1n) is 16.8. The van der Waals surface area contributed by atoms with Gasteiger partial charge in [-0.1, -0.05) is 49.4 Å². The third kappa shape index (κ3) is 8.59. The van der Waals surface area contributed by atoms with Gasteiger partial charge in [-0.2, -0.15) is 26.3 Å². The molecular weight excluding hydrogens is 710 g/mol. The fraction of sp³-hybridized carbons (Fsp3) is 0.405. The van der Waals surface area contributed by atoms with Crippen molar-refractivity contribution in [3.63, 3.8) is 0 Å². The van der Waals surface area contributed by atoms with E-state index in [4.69, 9.17) is 0 Å². The lowest BCUT2D eigenvalue weighted by atomic mass is 9.91. The van der Waals surface area contributed by atoms with Crippen LogP contribution < -0.4 is 10.6 Å². The van der Waals surface area contributed by atoms with Crippen molar-refractivity contribution in [2.75, 3.05) is 26.2 Å². The molecule has 15 heteroatoms. The van der Waals surface area contributed by atoms with Crippen LogP contribution in [-0.2, 0) is 22.6 Å². The number of alkyl halides is 6. The summed E-state index contributed by atoms with van der Waals surface area (Å²) in [7, 11) is -3.95. The number of hydrogen-bond donors (Lipinski definition) is 3. The largest absolute Gasteiger partial charge is 0.416 e. The molecule has 3 aromatic carbocycles. The van der Waals surface area contributed by atoms with Crippen molar-refractivity contribution in [2.45, 2.75) is 68.3 Å². The maximum Gasteiger partial charge on any atom is 0.416 e. The van der Waals surface area contributed by atoms with Crippen LogP contribution in [0.3, 0.4) is 0 Å².